The van der Waals surface area contributed by atoms with Crippen LogP contribution < -0.4 is 11.5 Å². The minimum absolute atomic E-state index is 0.0624. The quantitative estimate of drug-likeness (QED) is 0.838. The van der Waals surface area contributed by atoms with Crippen molar-refractivity contribution in [3.63, 3.8) is 0 Å². The van der Waals surface area contributed by atoms with Crippen LogP contribution in [0.3, 0.4) is 0 Å². The number of hydrogen-bond acceptors (Lipinski definition) is 4. The summed E-state index contributed by atoms with van der Waals surface area (Å²) in [4.78, 5) is 11.4. The van der Waals surface area contributed by atoms with Gasteiger partial charge < -0.3 is 11.5 Å². The number of amides is 1. The molecule has 21 heavy (non-hydrogen) atoms. The molecule has 2 aromatic carbocycles. The van der Waals surface area contributed by atoms with E-state index in [4.69, 9.17) is 11.5 Å². The van der Waals surface area contributed by atoms with Gasteiger partial charge in [0.2, 0.25) is 5.91 Å². The van der Waals surface area contributed by atoms with Crippen LogP contribution in [0.1, 0.15) is 21.5 Å². The lowest BCUT2D eigenvalue weighted by atomic mass is 10.1. The van der Waals surface area contributed by atoms with Crippen molar-refractivity contribution in [2.24, 2.45) is 5.73 Å². The van der Waals surface area contributed by atoms with E-state index in [1.807, 2.05) is 6.92 Å². The standard InChI is InChI=1S/C15H16N2O3S/c1-10-6-7-14(13(16)8-10)21(19,20)9-11-4-2-3-5-12(11)15(17)18/h2-8H,9,16H2,1H3,(H2,17,18). The van der Waals surface area contributed by atoms with Crippen LogP contribution >= 0.6 is 0 Å². The number of rotatable bonds is 4. The van der Waals surface area contributed by atoms with Crippen LogP contribution in [0.15, 0.2) is 47.4 Å². The van der Waals surface area contributed by atoms with E-state index in [-0.39, 0.29) is 21.9 Å². The average molecular weight is 304 g/mol. The highest BCUT2D eigenvalue weighted by Crippen LogP contribution is 2.24. The zero-order valence-corrected chi connectivity index (χ0v) is 12.4. The van der Waals surface area contributed by atoms with E-state index in [1.54, 1.807) is 30.3 Å². The maximum Gasteiger partial charge on any atom is 0.249 e. The van der Waals surface area contributed by atoms with Gasteiger partial charge in [-0.05, 0) is 36.2 Å². The van der Waals surface area contributed by atoms with Crippen LogP contribution in [-0.4, -0.2) is 14.3 Å². The monoisotopic (exact) mass is 304 g/mol. The molecule has 0 atom stereocenters. The predicted octanol–water partition coefficient (Wildman–Crippen LogP) is 1.65. The summed E-state index contributed by atoms with van der Waals surface area (Å²) in [5.74, 6) is -0.975. The van der Waals surface area contributed by atoms with Crippen LogP contribution in [0, 0.1) is 6.92 Å². The van der Waals surface area contributed by atoms with Crippen molar-refractivity contribution in [2.75, 3.05) is 5.73 Å². The first kappa shape index (κ1) is 15.1. The van der Waals surface area contributed by atoms with Crippen molar-refractivity contribution in [3.05, 3.63) is 59.2 Å². The van der Waals surface area contributed by atoms with Crippen molar-refractivity contribution in [2.45, 2.75) is 17.6 Å². The molecule has 4 N–H and O–H groups in total. The molecule has 0 fully saturated rings. The smallest absolute Gasteiger partial charge is 0.249 e. The molecule has 0 saturated heterocycles. The lowest BCUT2D eigenvalue weighted by molar-refractivity contribution is 0.0999. The first-order valence-corrected chi connectivity index (χ1v) is 7.93. The third kappa shape index (κ3) is 3.22. The van der Waals surface area contributed by atoms with Gasteiger partial charge in [-0.3, -0.25) is 4.79 Å². The minimum atomic E-state index is -3.65. The molecule has 0 bridgehead atoms. The molecule has 0 aliphatic carbocycles. The van der Waals surface area contributed by atoms with Gasteiger partial charge in [-0.2, -0.15) is 0 Å². The molecular weight excluding hydrogens is 288 g/mol. The lowest BCUT2D eigenvalue weighted by Gasteiger charge is -2.10. The maximum absolute atomic E-state index is 12.5. The van der Waals surface area contributed by atoms with Crippen molar-refractivity contribution >= 4 is 21.4 Å². The molecule has 0 spiro atoms. The second kappa shape index (κ2) is 5.57. The number of sulfone groups is 1. The molecule has 0 unspecified atom stereocenters. The number of primary amides is 1. The number of aryl methyl sites for hydroxylation is 1. The third-order valence-electron chi connectivity index (χ3n) is 3.13. The van der Waals surface area contributed by atoms with Gasteiger partial charge in [-0.1, -0.05) is 24.3 Å². The first-order chi connectivity index (χ1) is 9.81. The lowest BCUT2D eigenvalue weighted by Crippen LogP contribution is -2.16. The summed E-state index contributed by atoms with van der Waals surface area (Å²) in [6.45, 7) is 1.83. The molecule has 0 heterocycles. The van der Waals surface area contributed by atoms with E-state index in [1.165, 1.54) is 12.1 Å². The van der Waals surface area contributed by atoms with Crippen LogP contribution in [-0.2, 0) is 15.6 Å². The Kier molecular flexibility index (Phi) is 3.99. The Hall–Kier alpha value is -2.34. The van der Waals surface area contributed by atoms with Crippen molar-refractivity contribution in [3.8, 4) is 0 Å². The normalized spacial score (nSPS) is 11.3. The van der Waals surface area contributed by atoms with Crippen LogP contribution in [0.25, 0.3) is 0 Å². The summed E-state index contributed by atoms with van der Waals surface area (Å²) in [6, 6.07) is 11.1. The van der Waals surface area contributed by atoms with Gasteiger partial charge in [0.05, 0.1) is 16.3 Å². The fourth-order valence-corrected chi connectivity index (χ4v) is 3.63. The van der Waals surface area contributed by atoms with E-state index in [2.05, 4.69) is 0 Å². The van der Waals surface area contributed by atoms with Crippen LogP contribution in [0.2, 0.25) is 0 Å². The summed E-state index contributed by atoms with van der Waals surface area (Å²) in [6.07, 6.45) is 0. The Balaban J connectivity index is 2.45. The molecule has 5 nitrogen and oxygen atoms in total. The zero-order chi connectivity index (χ0) is 15.6. The summed E-state index contributed by atoms with van der Waals surface area (Å²) in [5.41, 5.74) is 12.7. The van der Waals surface area contributed by atoms with Gasteiger partial charge in [-0.15, -0.1) is 0 Å². The molecule has 0 aliphatic rings. The van der Waals surface area contributed by atoms with Crippen molar-refractivity contribution < 1.29 is 13.2 Å². The Labute approximate surface area is 123 Å². The molecule has 0 saturated carbocycles. The molecule has 6 heteroatoms. The second-order valence-electron chi connectivity index (χ2n) is 4.82. The van der Waals surface area contributed by atoms with Crippen molar-refractivity contribution in [1.82, 2.24) is 0 Å². The number of benzene rings is 2. The number of nitrogen functional groups attached to an aromatic ring is 1. The minimum Gasteiger partial charge on any atom is -0.398 e. The van der Waals surface area contributed by atoms with E-state index < -0.39 is 15.7 Å². The van der Waals surface area contributed by atoms with E-state index in [0.29, 0.717) is 5.56 Å². The molecule has 0 aliphatic heterocycles. The summed E-state index contributed by atoms with van der Waals surface area (Å²) in [5, 5.41) is 0. The first-order valence-electron chi connectivity index (χ1n) is 6.28. The van der Waals surface area contributed by atoms with Gasteiger partial charge in [0.25, 0.3) is 0 Å². The number of hydrogen-bond donors (Lipinski definition) is 2. The largest absolute Gasteiger partial charge is 0.398 e. The Morgan fingerprint density at radius 1 is 1.14 bits per heavy atom. The van der Waals surface area contributed by atoms with Gasteiger partial charge in [0.15, 0.2) is 9.84 Å². The van der Waals surface area contributed by atoms with Crippen molar-refractivity contribution in [1.29, 1.82) is 0 Å². The second-order valence-corrected chi connectivity index (χ2v) is 6.78. The molecule has 2 rings (SSSR count). The number of nitrogens with two attached hydrogens (primary N) is 2. The molecule has 1 amide bonds. The molecule has 0 aromatic heterocycles. The number of carbonyl (C=O) groups is 1. The predicted molar refractivity (Wildman–Crippen MR) is 81.4 cm³/mol. The van der Waals surface area contributed by atoms with Crippen LogP contribution in [0.5, 0.6) is 0 Å². The fraction of sp³-hybridized carbons (Fsp3) is 0.133. The van der Waals surface area contributed by atoms with Crippen LogP contribution in [0.4, 0.5) is 5.69 Å². The van der Waals surface area contributed by atoms with Gasteiger partial charge in [0, 0.05) is 5.56 Å². The summed E-state index contributed by atoms with van der Waals surface area (Å²) in [7, 11) is -3.65. The molecule has 110 valence electrons. The zero-order valence-electron chi connectivity index (χ0n) is 11.5. The Morgan fingerprint density at radius 2 is 1.81 bits per heavy atom. The van der Waals surface area contributed by atoms with Gasteiger partial charge in [-0.25, -0.2) is 8.42 Å². The number of anilines is 1. The highest BCUT2D eigenvalue weighted by molar-refractivity contribution is 7.90. The van der Waals surface area contributed by atoms with Gasteiger partial charge >= 0.3 is 0 Å². The highest BCUT2D eigenvalue weighted by Gasteiger charge is 2.21. The topological polar surface area (TPSA) is 103 Å². The van der Waals surface area contributed by atoms with E-state index in [9.17, 15) is 13.2 Å². The molecule has 0 radical (unpaired) electrons. The molecular formula is C15H16N2O3S. The van der Waals surface area contributed by atoms with Gasteiger partial charge in [0.1, 0.15) is 0 Å². The van der Waals surface area contributed by atoms with E-state index in [0.717, 1.165) is 5.56 Å². The fourth-order valence-electron chi connectivity index (χ4n) is 2.12. The average Bonchev–Trinajstić information content (AvgIpc) is 2.37. The highest BCUT2D eigenvalue weighted by atomic mass is 32.2. The molecule has 2 aromatic rings. The Bertz CT molecular complexity index is 798. The summed E-state index contributed by atoms with van der Waals surface area (Å²) >= 11 is 0. The van der Waals surface area contributed by atoms with E-state index >= 15 is 0 Å². The summed E-state index contributed by atoms with van der Waals surface area (Å²) < 4.78 is 25.0. The third-order valence-corrected chi connectivity index (χ3v) is 4.86. The SMILES string of the molecule is Cc1ccc(S(=O)(=O)Cc2ccccc2C(N)=O)c(N)c1. The Morgan fingerprint density at radius 3 is 2.43 bits per heavy atom. The maximum atomic E-state index is 12.5. The number of carbonyl (C=O) groups excluding carboxylic acids is 1.